The number of nitrogens with one attached hydrogen (secondary N) is 3. The van der Waals surface area contributed by atoms with Gasteiger partial charge in [0.05, 0.1) is 12.2 Å². The van der Waals surface area contributed by atoms with Crippen LogP contribution < -0.4 is 10.6 Å². The van der Waals surface area contributed by atoms with E-state index in [-0.39, 0.29) is 12.0 Å². The van der Waals surface area contributed by atoms with E-state index in [1.807, 2.05) is 0 Å². The van der Waals surface area contributed by atoms with Gasteiger partial charge in [0.15, 0.2) is 0 Å². The highest BCUT2D eigenvalue weighted by molar-refractivity contribution is 5.82. The SMILES string of the molecule is CC(NC(=O)NC(C(=O)O)C(C)C)c1cn[nH]c1. The highest BCUT2D eigenvalue weighted by atomic mass is 16.4. The molecule has 0 aromatic carbocycles. The molecule has 100 valence electrons. The van der Waals surface area contributed by atoms with Crippen molar-refractivity contribution in [3.05, 3.63) is 18.0 Å². The minimum atomic E-state index is -1.05. The zero-order chi connectivity index (χ0) is 13.7. The lowest BCUT2D eigenvalue weighted by molar-refractivity contribution is -0.140. The van der Waals surface area contributed by atoms with Gasteiger partial charge < -0.3 is 15.7 Å². The molecule has 0 fully saturated rings. The van der Waals surface area contributed by atoms with Crippen molar-refractivity contribution >= 4 is 12.0 Å². The summed E-state index contributed by atoms with van der Waals surface area (Å²) in [4.78, 5) is 22.6. The Morgan fingerprint density at radius 1 is 1.33 bits per heavy atom. The summed E-state index contributed by atoms with van der Waals surface area (Å²) in [7, 11) is 0. The van der Waals surface area contributed by atoms with E-state index in [4.69, 9.17) is 5.11 Å². The summed E-state index contributed by atoms with van der Waals surface area (Å²) in [5.41, 5.74) is 0.821. The molecule has 0 saturated heterocycles. The Kier molecular flexibility index (Phi) is 4.70. The molecule has 7 nitrogen and oxygen atoms in total. The fraction of sp³-hybridized carbons (Fsp3) is 0.545. The first-order valence-corrected chi connectivity index (χ1v) is 5.70. The lowest BCUT2D eigenvalue weighted by Crippen LogP contribution is -2.49. The van der Waals surface area contributed by atoms with Crippen LogP contribution in [0.1, 0.15) is 32.4 Å². The van der Waals surface area contributed by atoms with Crippen molar-refractivity contribution < 1.29 is 14.7 Å². The maximum atomic E-state index is 11.7. The first-order valence-electron chi connectivity index (χ1n) is 5.70. The molecule has 2 atom stereocenters. The molecular formula is C11H18N4O3. The lowest BCUT2D eigenvalue weighted by atomic mass is 10.1. The second kappa shape index (κ2) is 6.04. The van der Waals surface area contributed by atoms with Gasteiger partial charge in [0.1, 0.15) is 6.04 Å². The first-order chi connectivity index (χ1) is 8.41. The van der Waals surface area contributed by atoms with E-state index in [9.17, 15) is 9.59 Å². The molecule has 7 heteroatoms. The van der Waals surface area contributed by atoms with Gasteiger partial charge in [-0.15, -0.1) is 0 Å². The van der Waals surface area contributed by atoms with Crippen LogP contribution >= 0.6 is 0 Å². The monoisotopic (exact) mass is 254 g/mol. The summed E-state index contributed by atoms with van der Waals surface area (Å²) in [5, 5.41) is 20.5. The number of hydrogen-bond donors (Lipinski definition) is 4. The average Bonchev–Trinajstić information content (AvgIpc) is 2.78. The zero-order valence-corrected chi connectivity index (χ0v) is 10.6. The lowest BCUT2D eigenvalue weighted by Gasteiger charge is -2.20. The van der Waals surface area contributed by atoms with Crippen LogP contribution in [0.3, 0.4) is 0 Å². The fourth-order valence-electron chi connectivity index (χ4n) is 1.47. The molecule has 0 bridgehead atoms. The first kappa shape index (κ1) is 14.0. The molecule has 1 aromatic heterocycles. The summed E-state index contributed by atoms with van der Waals surface area (Å²) in [6.07, 6.45) is 3.27. The number of aromatic nitrogens is 2. The van der Waals surface area contributed by atoms with Crippen molar-refractivity contribution in [1.82, 2.24) is 20.8 Å². The van der Waals surface area contributed by atoms with Crippen molar-refractivity contribution in [1.29, 1.82) is 0 Å². The van der Waals surface area contributed by atoms with Crippen LogP contribution in [-0.4, -0.2) is 33.3 Å². The summed E-state index contributed by atoms with van der Waals surface area (Å²) >= 11 is 0. The minimum absolute atomic E-state index is 0.183. The van der Waals surface area contributed by atoms with Crippen molar-refractivity contribution in [2.45, 2.75) is 32.9 Å². The molecule has 0 saturated carbocycles. The van der Waals surface area contributed by atoms with Gasteiger partial charge in [-0.2, -0.15) is 5.10 Å². The minimum Gasteiger partial charge on any atom is -0.480 e. The second-order valence-corrected chi connectivity index (χ2v) is 4.43. The quantitative estimate of drug-likeness (QED) is 0.625. The number of urea groups is 1. The molecule has 2 amide bonds. The molecule has 0 radical (unpaired) electrons. The number of carboxylic acid groups (broad SMARTS) is 1. The molecular weight excluding hydrogens is 236 g/mol. The molecule has 1 heterocycles. The molecule has 0 spiro atoms. The number of carbonyl (C=O) groups excluding carboxylic acids is 1. The van der Waals surface area contributed by atoms with Gasteiger partial charge in [0.25, 0.3) is 0 Å². The van der Waals surface area contributed by atoms with Crippen LogP contribution in [0.4, 0.5) is 4.79 Å². The maximum absolute atomic E-state index is 11.7. The van der Waals surface area contributed by atoms with Gasteiger partial charge >= 0.3 is 12.0 Å². The molecule has 0 aliphatic rings. The zero-order valence-electron chi connectivity index (χ0n) is 10.6. The van der Waals surface area contributed by atoms with E-state index in [1.165, 1.54) is 0 Å². The van der Waals surface area contributed by atoms with E-state index in [0.717, 1.165) is 5.56 Å². The molecule has 2 unspecified atom stereocenters. The topological polar surface area (TPSA) is 107 Å². The molecule has 18 heavy (non-hydrogen) atoms. The molecule has 1 rings (SSSR count). The largest absolute Gasteiger partial charge is 0.480 e. The third-order valence-corrected chi connectivity index (χ3v) is 2.59. The molecule has 1 aromatic rings. The van der Waals surface area contributed by atoms with Gasteiger partial charge in [-0.05, 0) is 12.8 Å². The van der Waals surface area contributed by atoms with Crippen LogP contribution in [-0.2, 0) is 4.79 Å². The van der Waals surface area contributed by atoms with Gasteiger partial charge in [-0.1, -0.05) is 13.8 Å². The summed E-state index contributed by atoms with van der Waals surface area (Å²) in [6, 6.07) is -1.66. The highest BCUT2D eigenvalue weighted by Gasteiger charge is 2.24. The van der Waals surface area contributed by atoms with Crippen LogP contribution in [0.5, 0.6) is 0 Å². The Morgan fingerprint density at radius 2 is 2.00 bits per heavy atom. The van der Waals surface area contributed by atoms with Crippen LogP contribution in [0, 0.1) is 5.92 Å². The molecule has 0 aliphatic heterocycles. The predicted octanol–water partition coefficient (Wildman–Crippen LogP) is 0.879. The third kappa shape index (κ3) is 3.76. The Balaban J connectivity index is 2.53. The van der Waals surface area contributed by atoms with E-state index in [0.29, 0.717) is 0 Å². The number of H-pyrrole nitrogens is 1. The van der Waals surface area contributed by atoms with Gasteiger partial charge in [-0.3, -0.25) is 5.10 Å². The Hall–Kier alpha value is -2.05. The van der Waals surface area contributed by atoms with Crippen molar-refractivity contribution in [2.24, 2.45) is 5.92 Å². The van der Waals surface area contributed by atoms with Crippen LogP contribution in [0.25, 0.3) is 0 Å². The number of aromatic amines is 1. The standard InChI is InChI=1S/C11H18N4O3/c1-6(2)9(10(16)17)15-11(18)14-7(3)8-4-12-13-5-8/h4-7,9H,1-3H3,(H,12,13)(H,16,17)(H2,14,15,18). The van der Waals surface area contributed by atoms with Crippen molar-refractivity contribution in [3.63, 3.8) is 0 Å². The predicted molar refractivity (Wildman–Crippen MR) is 64.9 cm³/mol. The summed E-state index contributed by atoms with van der Waals surface area (Å²) < 4.78 is 0. The molecule has 4 N–H and O–H groups in total. The number of carboxylic acids is 1. The molecule has 0 aliphatic carbocycles. The highest BCUT2D eigenvalue weighted by Crippen LogP contribution is 2.09. The Morgan fingerprint density at radius 3 is 2.44 bits per heavy atom. The van der Waals surface area contributed by atoms with Crippen molar-refractivity contribution in [3.8, 4) is 0 Å². The van der Waals surface area contributed by atoms with Crippen LogP contribution in [0.15, 0.2) is 12.4 Å². The summed E-state index contributed by atoms with van der Waals surface area (Å²) in [6.45, 7) is 5.26. The van der Waals surface area contributed by atoms with Gasteiger partial charge in [0.2, 0.25) is 0 Å². The number of aliphatic carboxylic acids is 1. The van der Waals surface area contributed by atoms with Gasteiger partial charge in [-0.25, -0.2) is 9.59 Å². The Bertz CT molecular complexity index is 402. The third-order valence-electron chi connectivity index (χ3n) is 2.59. The Labute approximate surface area is 105 Å². The number of nitrogens with zero attached hydrogens (tertiary/aromatic N) is 1. The second-order valence-electron chi connectivity index (χ2n) is 4.43. The number of carbonyl (C=O) groups is 2. The summed E-state index contributed by atoms with van der Waals surface area (Å²) in [5.74, 6) is -1.23. The van der Waals surface area contributed by atoms with Gasteiger partial charge in [0, 0.05) is 11.8 Å². The maximum Gasteiger partial charge on any atom is 0.326 e. The van der Waals surface area contributed by atoms with E-state index < -0.39 is 18.0 Å². The fourth-order valence-corrected chi connectivity index (χ4v) is 1.47. The van der Waals surface area contributed by atoms with E-state index >= 15 is 0 Å². The average molecular weight is 254 g/mol. The number of amides is 2. The number of hydrogen-bond acceptors (Lipinski definition) is 3. The van der Waals surface area contributed by atoms with Crippen LogP contribution in [0.2, 0.25) is 0 Å². The number of rotatable bonds is 5. The smallest absolute Gasteiger partial charge is 0.326 e. The van der Waals surface area contributed by atoms with E-state index in [1.54, 1.807) is 33.2 Å². The van der Waals surface area contributed by atoms with Crippen molar-refractivity contribution in [2.75, 3.05) is 0 Å². The van der Waals surface area contributed by atoms with E-state index in [2.05, 4.69) is 20.8 Å². The normalized spacial score (nSPS) is 14.0.